The number of benzene rings is 2. The number of fused-ring (bicyclic) bond motifs is 1. The average Bonchev–Trinajstić information content (AvgIpc) is 2.80. The SMILES string of the molecule is CCCCNC(=O)NC(=O)COC(=O)c1cccc2c(=O)c(C)c(-c3ccccc3)oc12. The first-order chi connectivity index (χ1) is 15.4. The van der Waals surface area contributed by atoms with Crippen molar-refractivity contribution in [3.05, 3.63) is 69.9 Å². The summed E-state index contributed by atoms with van der Waals surface area (Å²) in [5, 5.41) is 4.85. The number of hydrogen-bond donors (Lipinski definition) is 2. The third kappa shape index (κ3) is 5.21. The second kappa shape index (κ2) is 10.4. The molecule has 0 bridgehead atoms. The van der Waals surface area contributed by atoms with Crippen LogP contribution in [0.3, 0.4) is 0 Å². The van der Waals surface area contributed by atoms with Crippen molar-refractivity contribution < 1.29 is 23.5 Å². The van der Waals surface area contributed by atoms with Crippen molar-refractivity contribution in [2.75, 3.05) is 13.2 Å². The number of urea groups is 1. The molecule has 32 heavy (non-hydrogen) atoms. The minimum atomic E-state index is -0.844. The normalized spacial score (nSPS) is 10.6. The summed E-state index contributed by atoms with van der Waals surface area (Å²) in [6.45, 7) is 3.42. The minimum Gasteiger partial charge on any atom is -0.455 e. The maximum atomic E-state index is 12.9. The maximum absolute atomic E-state index is 12.9. The van der Waals surface area contributed by atoms with Gasteiger partial charge in [0.05, 0.1) is 5.39 Å². The summed E-state index contributed by atoms with van der Waals surface area (Å²) in [5.41, 5.74) is 0.936. The monoisotopic (exact) mass is 436 g/mol. The van der Waals surface area contributed by atoms with E-state index in [0.717, 1.165) is 12.8 Å². The number of carbonyl (C=O) groups is 3. The first-order valence-corrected chi connectivity index (χ1v) is 10.3. The van der Waals surface area contributed by atoms with Gasteiger partial charge in [0, 0.05) is 17.7 Å². The first-order valence-electron chi connectivity index (χ1n) is 10.3. The number of ether oxygens (including phenoxy) is 1. The van der Waals surface area contributed by atoms with Crippen molar-refractivity contribution in [3.8, 4) is 11.3 Å². The van der Waals surface area contributed by atoms with Gasteiger partial charge in [-0.25, -0.2) is 9.59 Å². The second-order valence-corrected chi connectivity index (χ2v) is 7.17. The van der Waals surface area contributed by atoms with Crippen LogP contribution in [0, 0.1) is 6.92 Å². The summed E-state index contributed by atoms with van der Waals surface area (Å²) < 4.78 is 11.0. The van der Waals surface area contributed by atoms with Crippen LogP contribution in [-0.4, -0.2) is 31.1 Å². The fourth-order valence-electron chi connectivity index (χ4n) is 3.13. The molecule has 2 aromatic carbocycles. The summed E-state index contributed by atoms with van der Waals surface area (Å²) in [5.74, 6) is -1.26. The van der Waals surface area contributed by atoms with Gasteiger partial charge in [0.1, 0.15) is 11.3 Å². The Morgan fingerprint density at radius 2 is 1.78 bits per heavy atom. The molecule has 166 valence electrons. The Kier molecular flexibility index (Phi) is 7.38. The Bertz CT molecular complexity index is 1200. The zero-order valence-corrected chi connectivity index (χ0v) is 17.9. The first kappa shape index (κ1) is 22.7. The van der Waals surface area contributed by atoms with E-state index in [4.69, 9.17) is 9.15 Å². The molecule has 3 rings (SSSR count). The van der Waals surface area contributed by atoms with Crippen LogP contribution < -0.4 is 16.1 Å². The van der Waals surface area contributed by atoms with Gasteiger partial charge < -0.3 is 14.5 Å². The van der Waals surface area contributed by atoms with Crippen LogP contribution in [0.5, 0.6) is 0 Å². The van der Waals surface area contributed by atoms with E-state index in [1.165, 1.54) is 6.07 Å². The number of esters is 1. The van der Waals surface area contributed by atoms with Gasteiger partial charge in [0.25, 0.3) is 5.91 Å². The maximum Gasteiger partial charge on any atom is 0.342 e. The highest BCUT2D eigenvalue weighted by atomic mass is 16.5. The highest BCUT2D eigenvalue weighted by Crippen LogP contribution is 2.27. The van der Waals surface area contributed by atoms with Crippen molar-refractivity contribution in [1.82, 2.24) is 10.6 Å². The highest BCUT2D eigenvalue weighted by molar-refractivity contribution is 6.03. The molecule has 0 aliphatic rings. The summed E-state index contributed by atoms with van der Waals surface area (Å²) in [7, 11) is 0. The number of unbranched alkanes of at least 4 members (excludes halogenated alkanes) is 1. The molecule has 8 nitrogen and oxygen atoms in total. The molecule has 0 fully saturated rings. The number of hydrogen-bond acceptors (Lipinski definition) is 6. The third-order valence-electron chi connectivity index (χ3n) is 4.80. The zero-order chi connectivity index (χ0) is 23.1. The Balaban J connectivity index is 1.80. The predicted molar refractivity (Wildman–Crippen MR) is 119 cm³/mol. The zero-order valence-electron chi connectivity index (χ0n) is 17.9. The quantitative estimate of drug-likeness (QED) is 0.432. The van der Waals surface area contributed by atoms with E-state index >= 15 is 0 Å². The number of nitrogens with one attached hydrogen (secondary N) is 2. The van der Waals surface area contributed by atoms with Crippen molar-refractivity contribution >= 4 is 28.9 Å². The van der Waals surface area contributed by atoms with Crippen LogP contribution in [0.2, 0.25) is 0 Å². The highest BCUT2D eigenvalue weighted by Gasteiger charge is 2.20. The van der Waals surface area contributed by atoms with Crippen LogP contribution in [0.4, 0.5) is 4.79 Å². The molecule has 3 amide bonds. The van der Waals surface area contributed by atoms with E-state index in [1.807, 2.05) is 25.1 Å². The van der Waals surface area contributed by atoms with Crippen LogP contribution in [0.15, 0.2) is 57.7 Å². The Morgan fingerprint density at radius 1 is 1.03 bits per heavy atom. The van der Waals surface area contributed by atoms with E-state index in [-0.39, 0.29) is 22.0 Å². The number of carbonyl (C=O) groups excluding carboxylic acids is 3. The molecule has 0 spiro atoms. The van der Waals surface area contributed by atoms with Gasteiger partial charge >= 0.3 is 12.0 Å². The van der Waals surface area contributed by atoms with E-state index in [0.29, 0.717) is 23.4 Å². The lowest BCUT2D eigenvalue weighted by molar-refractivity contribution is -0.123. The molecule has 2 N–H and O–H groups in total. The summed E-state index contributed by atoms with van der Waals surface area (Å²) in [4.78, 5) is 49.0. The fraction of sp³-hybridized carbons (Fsp3) is 0.250. The van der Waals surface area contributed by atoms with Gasteiger partial charge in [-0.05, 0) is 25.5 Å². The van der Waals surface area contributed by atoms with Crippen LogP contribution in [0.1, 0.15) is 35.7 Å². The smallest absolute Gasteiger partial charge is 0.342 e. The molecule has 0 aliphatic heterocycles. The molecular weight excluding hydrogens is 412 g/mol. The molecule has 0 radical (unpaired) electrons. The van der Waals surface area contributed by atoms with Gasteiger partial charge in [-0.3, -0.25) is 14.9 Å². The van der Waals surface area contributed by atoms with Crippen molar-refractivity contribution in [1.29, 1.82) is 0 Å². The fourth-order valence-corrected chi connectivity index (χ4v) is 3.13. The standard InChI is InChI=1S/C24H24N2O6/c1-3-4-13-25-24(30)26-19(27)14-31-23(29)18-12-8-11-17-20(28)15(2)21(32-22(17)18)16-9-6-5-7-10-16/h5-12H,3-4,13-14H2,1-2H3,(H2,25,26,27,30). The number of para-hydroxylation sites is 1. The van der Waals surface area contributed by atoms with Gasteiger partial charge in [-0.15, -0.1) is 0 Å². The molecule has 0 saturated carbocycles. The summed E-state index contributed by atoms with van der Waals surface area (Å²) in [6, 6.07) is 13.0. The summed E-state index contributed by atoms with van der Waals surface area (Å²) >= 11 is 0. The molecule has 0 saturated heterocycles. The lowest BCUT2D eigenvalue weighted by atomic mass is 10.0. The number of amides is 3. The van der Waals surface area contributed by atoms with Crippen LogP contribution >= 0.6 is 0 Å². The minimum absolute atomic E-state index is 0.0111. The summed E-state index contributed by atoms with van der Waals surface area (Å²) in [6.07, 6.45) is 1.69. The molecule has 1 heterocycles. The molecular formula is C24H24N2O6. The predicted octanol–water partition coefficient (Wildman–Crippen LogP) is 3.55. The average molecular weight is 436 g/mol. The van der Waals surface area contributed by atoms with E-state index in [2.05, 4.69) is 10.6 Å². The molecule has 3 aromatic rings. The largest absolute Gasteiger partial charge is 0.455 e. The second-order valence-electron chi connectivity index (χ2n) is 7.17. The molecule has 0 unspecified atom stereocenters. The van der Waals surface area contributed by atoms with E-state index in [1.54, 1.807) is 31.2 Å². The Labute approximate surface area is 184 Å². The van der Waals surface area contributed by atoms with Crippen LogP contribution in [-0.2, 0) is 9.53 Å². The Morgan fingerprint density at radius 3 is 2.50 bits per heavy atom. The Hall–Kier alpha value is -3.94. The van der Waals surface area contributed by atoms with Crippen molar-refractivity contribution in [3.63, 3.8) is 0 Å². The molecule has 0 atom stereocenters. The number of rotatable bonds is 7. The van der Waals surface area contributed by atoms with Crippen molar-refractivity contribution in [2.45, 2.75) is 26.7 Å². The van der Waals surface area contributed by atoms with Gasteiger partial charge in [-0.1, -0.05) is 49.7 Å². The van der Waals surface area contributed by atoms with Crippen molar-refractivity contribution in [2.24, 2.45) is 0 Å². The number of imide groups is 1. The van der Waals surface area contributed by atoms with E-state index < -0.39 is 24.5 Å². The molecule has 8 heteroatoms. The van der Waals surface area contributed by atoms with Crippen LogP contribution in [0.25, 0.3) is 22.3 Å². The topological polar surface area (TPSA) is 115 Å². The third-order valence-corrected chi connectivity index (χ3v) is 4.80. The van der Waals surface area contributed by atoms with Gasteiger partial charge in [0.15, 0.2) is 17.6 Å². The lowest BCUT2D eigenvalue weighted by Gasteiger charge is -2.10. The van der Waals surface area contributed by atoms with Gasteiger partial charge in [-0.2, -0.15) is 0 Å². The van der Waals surface area contributed by atoms with E-state index in [9.17, 15) is 19.2 Å². The lowest BCUT2D eigenvalue weighted by Crippen LogP contribution is -2.41. The molecule has 1 aromatic heterocycles. The molecule has 0 aliphatic carbocycles. The van der Waals surface area contributed by atoms with Gasteiger partial charge in [0.2, 0.25) is 0 Å².